The Balaban J connectivity index is 0.945. The number of furan rings is 1. The van der Waals surface area contributed by atoms with E-state index in [1.165, 1.54) is 74.8 Å². The van der Waals surface area contributed by atoms with Crippen molar-refractivity contribution in [1.29, 1.82) is 0 Å². The van der Waals surface area contributed by atoms with E-state index in [1.807, 2.05) is 41.7 Å². The van der Waals surface area contributed by atoms with E-state index < -0.39 is 0 Å². The zero-order chi connectivity index (χ0) is 39.7. The number of benzene rings is 8. The molecular weight excluding hydrogens is 751 g/mol. The van der Waals surface area contributed by atoms with Crippen LogP contribution in [0.25, 0.3) is 109 Å². The van der Waals surface area contributed by atoms with Gasteiger partial charge in [0.2, 0.25) is 0 Å². The number of thiophene rings is 1. The van der Waals surface area contributed by atoms with Crippen molar-refractivity contribution >= 4 is 86.4 Å². The van der Waals surface area contributed by atoms with Gasteiger partial charge in [-0.05, 0) is 97.4 Å². The lowest BCUT2D eigenvalue weighted by molar-refractivity contribution is 0.615. The maximum absolute atomic E-state index is 5.90. The summed E-state index contributed by atoms with van der Waals surface area (Å²) in [6, 6.07) is 54.5. The molecule has 11 aromatic rings. The maximum atomic E-state index is 5.90. The molecule has 5 heteroatoms. The lowest BCUT2D eigenvalue weighted by Gasteiger charge is -2.20. The van der Waals surface area contributed by atoms with Gasteiger partial charge in [-0.25, -0.2) is 15.0 Å². The molecule has 0 radical (unpaired) electrons. The van der Waals surface area contributed by atoms with Crippen LogP contribution in [0.4, 0.5) is 0 Å². The van der Waals surface area contributed by atoms with E-state index in [2.05, 4.69) is 152 Å². The first-order chi connectivity index (χ1) is 29.7. The van der Waals surface area contributed by atoms with Crippen LogP contribution in [-0.4, -0.2) is 15.0 Å². The van der Waals surface area contributed by atoms with Crippen LogP contribution in [0.15, 0.2) is 187 Å². The van der Waals surface area contributed by atoms with Crippen LogP contribution in [0.3, 0.4) is 0 Å². The fourth-order valence-electron chi connectivity index (χ4n) is 9.17. The Hall–Kier alpha value is -7.47. The highest BCUT2D eigenvalue weighted by Gasteiger charge is 2.23. The molecule has 0 N–H and O–H groups in total. The number of fused-ring (bicyclic) bond motifs is 10. The normalized spacial score (nSPS) is 14.2. The van der Waals surface area contributed by atoms with Gasteiger partial charge in [0.05, 0.1) is 6.26 Å². The van der Waals surface area contributed by atoms with E-state index >= 15 is 0 Å². The molecule has 0 saturated carbocycles. The van der Waals surface area contributed by atoms with Crippen molar-refractivity contribution in [1.82, 2.24) is 15.0 Å². The van der Waals surface area contributed by atoms with E-state index in [4.69, 9.17) is 19.4 Å². The standard InChI is InChI=1S/C55H35N3OS/c1-2-33-32-59-49-31-39(23-25-40(33)49)55-57-53(34-12-4-3-5-13-34)56-54(58-55)38-15-10-14-37(28-38)41-20-11-21-51-52(41)48-30-36(24-27-50(48)60-51)35-22-26-46-44-18-7-6-16-42(44)43-17-8-9-19-45(43)47(46)29-35/h2-27,29-32,38H,1,28H2. The van der Waals surface area contributed by atoms with E-state index in [9.17, 15) is 0 Å². The largest absolute Gasteiger partial charge is 0.464 e. The molecule has 3 aromatic heterocycles. The highest BCUT2D eigenvalue weighted by molar-refractivity contribution is 7.25. The van der Waals surface area contributed by atoms with E-state index in [0.717, 1.165) is 39.9 Å². The molecule has 12 rings (SSSR count). The molecule has 1 unspecified atom stereocenters. The third-order valence-electron chi connectivity index (χ3n) is 12.1. The third-order valence-corrected chi connectivity index (χ3v) is 13.2. The van der Waals surface area contributed by atoms with Crippen LogP contribution in [0, 0.1) is 0 Å². The van der Waals surface area contributed by atoms with Crippen LogP contribution in [-0.2, 0) is 0 Å². The van der Waals surface area contributed by atoms with Crippen molar-refractivity contribution in [2.45, 2.75) is 12.3 Å². The first-order valence-electron chi connectivity index (χ1n) is 20.3. The van der Waals surface area contributed by atoms with Crippen LogP contribution in [0.1, 0.15) is 29.3 Å². The summed E-state index contributed by atoms with van der Waals surface area (Å²) in [5.74, 6) is 1.97. The topological polar surface area (TPSA) is 51.8 Å². The molecule has 0 spiro atoms. The van der Waals surface area contributed by atoms with Gasteiger partial charge >= 0.3 is 0 Å². The van der Waals surface area contributed by atoms with Gasteiger partial charge in [-0.1, -0.05) is 146 Å². The maximum Gasteiger partial charge on any atom is 0.163 e. The minimum Gasteiger partial charge on any atom is -0.464 e. The minimum absolute atomic E-state index is 0.0480. The van der Waals surface area contributed by atoms with Crippen molar-refractivity contribution in [3.63, 3.8) is 0 Å². The van der Waals surface area contributed by atoms with E-state index in [0.29, 0.717) is 11.6 Å². The second-order valence-corrected chi connectivity index (χ2v) is 16.6. The van der Waals surface area contributed by atoms with Crippen molar-refractivity contribution in [3.05, 3.63) is 200 Å². The predicted octanol–water partition coefficient (Wildman–Crippen LogP) is 15.2. The van der Waals surface area contributed by atoms with Crippen molar-refractivity contribution in [2.75, 3.05) is 0 Å². The average Bonchev–Trinajstić information content (AvgIpc) is 3.92. The monoisotopic (exact) mass is 785 g/mol. The lowest BCUT2D eigenvalue weighted by Crippen LogP contribution is -2.09. The zero-order valence-electron chi connectivity index (χ0n) is 32.5. The molecule has 0 bridgehead atoms. The molecule has 282 valence electrons. The van der Waals surface area contributed by atoms with E-state index in [-0.39, 0.29) is 5.92 Å². The summed E-state index contributed by atoms with van der Waals surface area (Å²) in [5, 5.41) is 11.3. The van der Waals surface area contributed by atoms with Gasteiger partial charge in [-0.3, -0.25) is 0 Å². The van der Waals surface area contributed by atoms with Gasteiger partial charge in [0.1, 0.15) is 11.4 Å². The summed E-state index contributed by atoms with van der Waals surface area (Å²) in [6.45, 7) is 3.94. The molecule has 0 saturated heterocycles. The fraction of sp³-hybridized carbons (Fsp3) is 0.0364. The molecule has 1 atom stereocenters. The molecule has 4 nitrogen and oxygen atoms in total. The number of hydrogen-bond donors (Lipinski definition) is 0. The summed E-state index contributed by atoms with van der Waals surface area (Å²) < 4.78 is 8.47. The quantitative estimate of drug-likeness (QED) is 0.158. The first-order valence-corrected chi connectivity index (χ1v) is 21.1. The number of aromatic nitrogens is 3. The van der Waals surface area contributed by atoms with E-state index in [1.54, 1.807) is 6.26 Å². The van der Waals surface area contributed by atoms with Gasteiger partial charge in [0, 0.05) is 48.2 Å². The van der Waals surface area contributed by atoms with Crippen LogP contribution < -0.4 is 0 Å². The SMILES string of the molecule is C=Cc1coc2cc(-c3nc(-c4ccccc4)nc(C4C=CC=C(c5cccc6sc7ccc(-c8ccc9c%10ccccc%10c%10ccccc%10c9c8)cc7c56)C4)n3)ccc12. The highest BCUT2D eigenvalue weighted by Crippen LogP contribution is 2.44. The van der Waals surface area contributed by atoms with Crippen molar-refractivity contribution < 1.29 is 4.42 Å². The molecule has 3 heterocycles. The smallest absolute Gasteiger partial charge is 0.163 e. The fourth-order valence-corrected chi connectivity index (χ4v) is 10.3. The van der Waals surface area contributed by atoms with Gasteiger partial charge < -0.3 is 4.42 Å². The lowest BCUT2D eigenvalue weighted by atomic mass is 9.87. The molecule has 0 aliphatic heterocycles. The van der Waals surface area contributed by atoms with Gasteiger partial charge in [-0.15, -0.1) is 11.3 Å². The summed E-state index contributed by atoms with van der Waals surface area (Å²) in [4.78, 5) is 15.3. The van der Waals surface area contributed by atoms with Gasteiger partial charge in [-0.2, -0.15) is 0 Å². The molecular formula is C55H35N3OS. The summed E-state index contributed by atoms with van der Waals surface area (Å²) in [7, 11) is 0. The first kappa shape index (κ1) is 34.6. The molecule has 0 fully saturated rings. The van der Waals surface area contributed by atoms with Crippen molar-refractivity contribution in [2.24, 2.45) is 0 Å². The van der Waals surface area contributed by atoms with Crippen LogP contribution >= 0.6 is 11.3 Å². The molecule has 1 aliphatic carbocycles. The number of nitrogens with zero attached hydrogens (tertiary/aromatic N) is 3. The highest BCUT2D eigenvalue weighted by atomic mass is 32.1. The Morgan fingerprint density at radius 2 is 1.20 bits per heavy atom. The minimum atomic E-state index is -0.0480. The molecule has 0 amide bonds. The summed E-state index contributed by atoms with van der Waals surface area (Å²) >= 11 is 1.86. The Bertz CT molecular complexity index is 3580. The van der Waals surface area contributed by atoms with Gasteiger partial charge in [0.15, 0.2) is 11.6 Å². The van der Waals surface area contributed by atoms with Crippen LogP contribution in [0.2, 0.25) is 0 Å². The number of rotatable bonds is 6. The van der Waals surface area contributed by atoms with Crippen molar-refractivity contribution in [3.8, 4) is 33.9 Å². The summed E-state index contributed by atoms with van der Waals surface area (Å²) in [5.41, 5.74) is 8.51. The van der Waals surface area contributed by atoms with Crippen LogP contribution in [0.5, 0.6) is 0 Å². The zero-order valence-corrected chi connectivity index (χ0v) is 33.3. The average molecular weight is 786 g/mol. The Morgan fingerprint density at radius 3 is 1.97 bits per heavy atom. The predicted molar refractivity (Wildman–Crippen MR) is 252 cm³/mol. The Kier molecular flexibility index (Phi) is 7.97. The molecule has 8 aromatic carbocycles. The Labute approximate surface area is 350 Å². The summed E-state index contributed by atoms with van der Waals surface area (Å²) in [6.07, 6.45) is 11.0. The second-order valence-electron chi connectivity index (χ2n) is 15.5. The number of hydrogen-bond acceptors (Lipinski definition) is 5. The number of allylic oxidation sites excluding steroid dienone is 4. The Morgan fingerprint density at radius 1 is 0.550 bits per heavy atom. The second kappa shape index (κ2) is 13.8. The molecule has 1 aliphatic rings. The van der Waals surface area contributed by atoms with Gasteiger partial charge in [0.25, 0.3) is 0 Å². The third kappa shape index (κ3) is 5.62. The molecule has 60 heavy (non-hydrogen) atoms.